The van der Waals surface area contributed by atoms with Crippen molar-refractivity contribution in [1.29, 1.82) is 0 Å². The highest BCUT2D eigenvalue weighted by Crippen LogP contribution is 2.41. The van der Waals surface area contributed by atoms with Crippen LogP contribution in [0.4, 0.5) is 0 Å². The van der Waals surface area contributed by atoms with Crippen LogP contribution >= 0.6 is 0 Å². The van der Waals surface area contributed by atoms with Crippen molar-refractivity contribution in [1.82, 2.24) is 9.80 Å². The molecule has 0 spiro atoms. The first-order chi connectivity index (χ1) is 14.2. The molecule has 1 aromatic carbocycles. The van der Waals surface area contributed by atoms with Crippen molar-refractivity contribution in [2.75, 3.05) is 34.2 Å². The van der Waals surface area contributed by atoms with Crippen molar-refractivity contribution < 1.29 is 15.3 Å². The van der Waals surface area contributed by atoms with E-state index in [1.807, 2.05) is 13.1 Å². The molecule has 1 unspecified atom stereocenters. The summed E-state index contributed by atoms with van der Waals surface area (Å²) in [5.41, 5.74) is 0.688. The maximum Gasteiger partial charge on any atom is 0.120 e. The Kier molecular flexibility index (Phi) is 7.83. The van der Waals surface area contributed by atoms with E-state index in [-0.39, 0.29) is 5.92 Å². The largest absolute Gasteiger partial charge is 0.508 e. The highest BCUT2D eigenvalue weighted by molar-refractivity contribution is 5.39. The molecule has 2 aliphatic carbocycles. The molecule has 0 aliphatic heterocycles. The van der Waals surface area contributed by atoms with Crippen LogP contribution in [-0.4, -0.2) is 70.6 Å². The summed E-state index contributed by atoms with van der Waals surface area (Å²) in [4.78, 5) is 4.27. The minimum atomic E-state index is -0.681. The molecule has 0 radical (unpaired) electrons. The molecule has 2 aliphatic rings. The molecule has 170 valence electrons. The molecular weight excluding hydrogens is 376 g/mol. The van der Waals surface area contributed by atoms with Crippen LogP contribution in [0.3, 0.4) is 0 Å². The summed E-state index contributed by atoms with van der Waals surface area (Å²) in [7, 11) is 6.13. The maximum atomic E-state index is 11.5. The van der Waals surface area contributed by atoms with Gasteiger partial charge in [0.15, 0.2) is 0 Å². The standard InChI is InChI=1S/C25H42N2O3/c1-26(2)18-22(25(30)14-8-5-9-15-25)20-10-11-23(28)21(16-20)17-27(3)19-24(29)12-6-4-7-13-24/h10-11,16,22,28-30H,4-9,12-15,17-19H2,1-3H3. The second-order valence-corrected chi connectivity index (χ2v) is 10.3. The van der Waals surface area contributed by atoms with Crippen LogP contribution in [-0.2, 0) is 6.54 Å². The van der Waals surface area contributed by atoms with Crippen LogP contribution in [0.5, 0.6) is 5.75 Å². The summed E-state index contributed by atoms with van der Waals surface area (Å²) in [6, 6.07) is 5.84. The summed E-state index contributed by atoms with van der Waals surface area (Å²) in [6.45, 7) is 2.01. The highest BCUT2D eigenvalue weighted by atomic mass is 16.3. The van der Waals surface area contributed by atoms with E-state index >= 15 is 0 Å². The van der Waals surface area contributed by atoms with Crippen molar-refractivity contribution in [3.05, 3.63) is 29.3 Å². The number of hydrogen-bond donors (Lipinski definition) is 3. The number of benzene rings is 1. The molecule has 0 bridgehead atoms. The van der Waals surface area contributed by atoms with Crippen molar-refractivity contribution in [3.8, 4) is 5.75 Å². The third kappa shape index (κ3) is 5.97. The molecule has 2 fully saturated rings. The van der Waals surface area contributed by atoms with Crippen molar-refractivity contribution in [2.24, 2.45) is 0 Å². The Morgan fingerprint density at radius 2 is 1.50 bits per heavy atom. The second kappa shape index (κ2) is 9.99. The van der Waals surface area contributed by atoms with Crippen LogP contribution < -0.4 is 0 Å². The van der Waals surface area contributed by atoms with E-state index in [1.165, 1.54) is 12.8 Å². The number of phenolic OH excluding ortho intramolecular Hbond substituents is 1. The molecule has 3 rings (SSSR count). The molecule has 2 saturated carbocycles. The second-order valence-electron chi connectivity index (χ2n) is 10.3. The molecule has 1 aromatic rings. The van der Waals surface area contributed by atoms with Crippen LogP contribution in [0.15, 0.2) is 18.2 Å². The Balaban J connectivity index is 1.78. The molecule has 5 heteroatoms. The Bertz CT molecular complexity index is 679. The van der Waals surface area contributed by atoms with Gasteiger partial charge in [-0.05, 0) is 58.5 Å². The van der Waals surface area contributed by atoms with E-state index in [4.69, 9.17) is 0 Å². The van der Waals surface area contributed by atoms with Gasteiger partial charge in [0.05, 0.1) is 11.2 Å². The van der Waals surface area contributed by atoms with E-state index < -0.39 is 11.2 Å². The Hall–Kier alpha value is -1.14. The van der Waals surface area contributed by atoms with Gasteiger partial charge in [0.2, 0.25) is 0 Å². The first-order valence-corrected chi connectivity index (χ1v) is 11.8. The van der Waals surface area contributed by atoms with E-state index in [1.54, 1.807) is 6.07 Å². The smallest absolute Gasteiger partial charge is 0.120 e. The highest BCUT2D eigenvalue weighted by Gasteiger charge is 2.39. The first-order valence-electron chi connectivity index (χ1n) is 11.8. The van der Waals surface area contributed by atoms with Crippen LogP contribution in [0, 0.1) is 0 Å². The van der Waals surface area contributed by atoms with Gasteiger partial charge in [-0.15, -0.1) is 0 Å². The van der Waals surface area contributed by atoms with Gasteiger partial charge in [-0.3, -0.25) is 4.90 Å². The van der Waals surface area contributed by atoms with Gasteiger partial charge in [-0.25, -0.2) is 0 Å². The summed E-state index contributed by atoms with van der Waals surface area (Å²) < 4.78 is 0. The molecule has 0 saturated heterocycles. The van der Waals surface area contributed by atoms with Crippen LogP contribution in [0.2, 0.25) is 0 Å². The van der Waals surface area contributed by atoms with Gasteiger partial charge in [-0.1, -0.05) is 50.7 Å². The monoisotopic (exact) mass is 418 g/mol. The normalized spacial score (nSPS) is 22.4. The van der Waals surface area contributed by atoms with Crippen LogP contribution in [0.1, 0.15) is 81.3 Å². The molecule has 30 heavy (non-hydrogen) atoms. The van der Waals surface area contributed by atoms with Gasteiger partial charge in [0.1, 0.15) is 5.75 Å². The minimum Gasteiger partial charge on any atom is -0.508 e. The Morgan fingerprint density at radius 3 is 2.10 bits per heavy atom. The number of aromatic hydroxyl groups is 1. The summed E-state index contributed by atoms with van der Waals surface area (Å²) in [5, 5.41) is 32.9. The van der Waals surface area contributed by atoms with Gasteiger partial charge in [-0.2, -0.15) is 0 Å². The topological polar surface area (TPSA) is 67.2 Å². The fourth-order valence-corrected chi connectivity index (χ4v) is 5.63. The average molecular weight is 419 g/mol. The minimum absolute atomic E-state index is 0.0278. The van der Waals surface area contributed by atoms with Gasteiger partial charge in [0, 0.05) is 31.1 Å². The number of aliphatic hydroxyl groups is 2. The Morgan fingerprint density at radius 1 is 0.900 bits per heavy atom. The zero-order chi connectivity index (χ0) is 21.8. The van der Waals surface area contributed by atoms with E-state index in [0.29, 0.717) is 18.8 Å². The third-order valence-electron chi connectivity index (χ3n) is 7.21. The number of phenols is 1. The van der Waals surface area contributed by atoms with Crippen LogP contribution in [0.25, 0.3) is 0 Å². The molecule has 5 nitrogen and oxygen atoms in total. The predicted molar refractivity (Wildman–Crippen MR) is 122 cm³/mol. The SMILES string of the molecule is CN(C)CC(c1ccc(O)c(CN(C)CC2(O)CCCCC2)c1)C1(O)CCCCC1. The lowest BCUT2D eigenvalue weighted by atomic mass is 9.72. The fraction of sp³-hybridized carbons (Fsp3) is 0.760. The zero-order valence-electron chi connectivity index (χ0n) is 19.2. The molecule has 0 aromatic heterocycles. The quantitative estimate of drug-likeness (QED) is 0.598. The van der Waals surface area contributed by atoms with Gasteiger partial charge in [0.25, 0.3) is 0 Å². The van der Waals surface area contributed by atoms with Gasteiger partial charge < -0.3 is 20.2 Å². The van der Waals surface area contributed by atoms with Crippen molar-refractivity contribution >= 4 is 0 Å². The predicted octanol–water partition coefficient (Wildman–Crippen LogP) is 3.86. The van der Waals surface area contributed by atoms with E-state index in [9.17, 15) is 15.3 Å². The van der Waals surface area contributed by atoms with Crippen molar-refractivity contribution in [3.63, 3.8) is 0 Å². The number of rotatable bonds is 8. The summed E-state index contributed by atoms with van der Waals surface area (Å²) in [6.07, 6.45) is 10.2. The maximum absolute atomic E-state index is 11.5. The lowest BCUT2D eigenvalue weighted by Crippen LogP contribution is -2.43. The zero-order valence-corrected chi connectivity index (χ0v) is 19.2. The van der Waals surface area contributed by atoms with Gasteiger partial charge >= 0.3 is 0 Å². The number of hydrogen-bond acceptors (Lipinski definition) is 5. The summed E-state index contributed by atoms with van der Waals surface area (Å²) in [5.74, 6) is 0.320. The molecule has 1 atom stereocenters. The third-order valence-corrected chi connectivity index (χ3v) is 7.21. The van der Waals surface area contributed by atoms with Crippen molar-refractivity contribution in [2.45, 2.75) is 87.9 Å². The fourth-order valence-electron chi connectivity index (χ4n) is 5.63. The first kappa shape index (κ1) is 23.5. The molecule has 3 N–H and O–H groups in total. The van der Waals surface area contributed by atoms with E-state index in [2.05, 4.69) is 30.0 Å². The van der Waals surface area contributed by atoms with E-state index in [0.717, 1.165) is 69.0 Å². The lowest BCUT2D eigenvalue weighted by molar-refractivity contribution is -0.0278. The molecular formula is C25H42N2O3. The molecule has 0 heterocycles. The summed E-state index contributed by atoms with van der Waals surface area (Å²) >= 11 is 0. The Labute approximate surface area is 182 Å². The number of likely N-dealkylation sites (N-methyl/N-ethyl adjacent to an activating group) is 2. The lowest BCUT2D eigenvalue weighted by Gasteiger charge is -2.41. The average Bonchev–Trinajstić information content (AvgIpc) is 2.68. The molecule has 0 amide bonds. The number of nitrogens with zero attached hydrogens (tertiary/aromatic N) is 2.